The molecule has 0 saturated carbocycles. The second-order valence-electron chi connectivity index (χ2n) is 4.96. The van der Waals surface area contributed by atoms with Crippen LogP contribution >= 0.6 is 0 Å². The normalized spacial score (nSPS) is 10.8. The molecule has 0 atom stereocenters. The van der Waals surface area contributed by atoms with E-state index >= 15 is 0 Å². The molecule has 4 nitrogen and oxygen atoms in total. The summed E-state index contributed by atoms with van der Waals surface area (Å²) in [5, 5.41) is 12.4. The number of hydrogen-bond acceptors (Lipinski definition) is 3. The van der Waals surface area contributed by atoms with Gasteiger partial charge in [0.05, 0.1) is 6.54 Å². The minimum Gasteiger partial charge on any atom is -0.507 e. The third-order valence-corrected chi connectivity index (χ3v) is 3.14. The van der Waals surface area contributed by atoms with E-state index in [2.05, 4.69) is 17.1 Å². The van der Waals surface area contributed by atoms with Crippen molar-refractivity contribution in [2.24, 2.45) is 0 Å². The lowest BCUT2D eigenvalue weighted by Crippen LogP contribution is -2.35. The molecular formula is C15H24N2O2. The number of phenolic OH excluding ortho intramolecular Hbond substituents is 1. The zero-order valence-electron chi connectivity index (χ0n) is 12.3. The largest absolute Gasteiger partial charge is 0.507 e. The second kappa shape index (κ2) is 7.14. The Labute approximate surface area is 115 Å². The highest BCUT2D eigenvalue weighted by Crippen LogP contribution is 2.23. The monoisotopic (exact) mass is 264 g/mol. The number of carbonyl (C=O) groups excluding carboxylic acids is 1. The van der Waals surface area contributed by atoms with Crippen molar-refractivity contribution in [1.82, 2.24) is 10.2 Å². The zero-order chi connectivity index (χ0) is 14.4. The molecule has 0 saturated heterocycles. The number of benzene rings is 1. The van der Waals surface area contributed by atoms with Crippen LogP contribution in [0.2, 0.25) is 0 Å². The fourth-order valence-electron chi connectivity index (χ4n) is 2.21. The first-order chi connectivity index (χ1) is 8.97. The summed E-state index contributed by atoms with van der Waals surface area (Å²) in [6.07, 6.45) is 1.01. The van der Waals surface area contributed by atoms with Gasteiger partial charge >= 0.3 is 0 Å². The van der Waals surface area contributed by atoms with Crippen molar-refractivity contribution < 1.29 is 9.90 Å². The Morgan fingerprint density at radius 1 is 1.32 bits per heavy atom. The number of rotatable bonds is 6. The number of phenols is 1. The molecule has 0 aliphatic carbocycles. The van der Waals surface area contributed by atoms with E-state index in [1.807, 2.05) is 26.0 Å². The summed E-state index contributed by atoms with van der Waals surface area (Å²) in [6.45, 7) is 7.91. The average Bonchev–Trinajstić information content (AvgIpc) is 2.36. The van der Waals surface area contributed by atoms with E-state index in [1.54, 1.807) is 7.05 Å². The summed E-state index contributed by atoms with van der Waals surface area (Å²) in [5.41, 5.74) is 2.89. The first-order valence-corrected chi connectivity index (χ1v) is 6.70. The Balaban J connectivity index is 2.81. The lowest BCUT2D eigenvalue weighted by atomic mass is 10.1. The van der Waals surface area contributed by atoms with Gasteiger partial charge in [0.25, 0.3) is 0 Å². The number of nitrogens with zero attached hydrogens (tertiary/aromatic N) is 1. The molecule has 4 heteroatoms. The topological polar surface area (TPSA) is 52.6 Å². The molecular weight excluding hydrogens is 240 g/mol. The Morgan fingerprint density at radius 3 is 2.37 bits per heavy atom. The Bertz CT molecular complexity index is 421. The van der Waals surface area contributed by atoms with E-state index in [9.17, 15) is 9.90 Å². The first-order valence-electron chi connectivity index (χ1n) is 6.70. The van der Waals surface area contributed by atoms with Gasteiger partial charge in [-0.1, -0.05) is 19.1 Å². The van der Waals surface area contributed by atoms with E-state index in [1.165, 1.54) is 0 Å². The summed E-state index contributed by atoms with van der Waals surface area (Å²) in [6, 6.07) is 3.96. The molecule has 106 valence electrons. The third-order valence-electron chi connectivity index (χ3n) is 3.14. The van der Waals surface area contributed by atoms with Gasteiger partial charge in [0.1, 0.15) is 5.75 Å². The molecule has 0 heterocycles. The van der Waals surface area contributed by atoms with Crippen LogP contribution in [-0.2, 0) is 11.3 Å². The molecule has 0 aliphatic rings. The van der Waals surface area contributed by atoms with Crippen LogP contribution in [0.3, 0.4) is 0 Å². The van der Waals surface area contributed by atoms with Gasteiger partial charge < -0.3 is 10.4 Å². The predicted molar refractivity (Wildman–Crippen MR) is 77.2 cm³/mol. The van der Waals surface area contributed by atoms with E-state index < -0.39 is 0 Å². The molecule has 1 rings (SSSR count). The van der Waals surface area contributed by atoms with E-state index in [0.29, 0.717) is 12.3 Å². The number of aryl methyl sites for hydroxylation is 2. The average molecular weight is 264 g/mol. The number of carbonyl (C=O) groups is 1. The summed E-state index contributed by atoms with van der Waals surface area (Å²) >= 11 is 0. The van der Waals surface area contributed by atoms with Crippen LogP contribution in [0.15, 0.2) is 12.1 Å². The van der Waals surface area contributed by atoms with E-state index in [-0.39, 0.29) is 5.91 Å². The molecule has 0 radical (unpaired) electrons. The summed E-state index contributed by atoms with van der Waals surface area (Å²) < 4.78 is 0. The molecule has 1 amide bonds. The van der Waals surface area contributed by atoms with Crippen LogP contribution in [0.25, 0.3) is 0 Å². The molecule has 0 unspecified atom stereocenters. The lowest BCUT2D eigenvalue weighted by Gasteiger charge is -2.21. The molecule has 2 N–H and O–H groups in total. The summed E-state index contributed by atoms with van der Waals surface area (Å²) in [4.78, 5) is 13.6. The maximum Gasteiger partial charge on any atom is 0.233 e. The maximum absolute atomic E-state index is 11.5. The van der Waals surface area contributed by atoms with Gasteiger partial charge in [-0.2, -0.15) is 0 Å². The second-order valence-corrected chi connectivity index (χ2v) is 4.96. The van der Waals surface area contributed by atoms with Crippen LogP contribution < -0.4 is 5.32 Å². The van der Waals surface area contributed by atoms with Gasteiger partial charge in [-0.05, 0) is 43.5 Å². The lowest BCUT2D eigenvalue weighted by molar-refractivity contribution is -0.121. The fourth-order valence-corrected chi connectivity index (χ4v) is 2.21. The highest BCUT2D eigenvalue weighted by atomic mass is 16.3. The van der Waals surface area contributed by atoms with Crippen molar-refractivity contribution in [2.45, 2.75) is 33.7 Å². The van der Waals surface area contributed by atoms with Gasteiger partial charge in [0.15, 0.2) is 0 Å². The number of hydrogen-bond donors (Lipinski definition) is 2. The van der Waals surface area contributed by atoms with Crippen LogP contribution in [0.4, 0.5) is 0 Å². The number of aromatic hydroxyl groups is 1. The van der Waals surface area contributed by atoms with Crippen molar-refractivity contribution in [3.8, 4) is 5.75 Å². The molecule has 19 heavy (non-hydrogen) atoms. The van der Waals surface area contributed by atoms with Gasteiger partial charge in [0.2, 0.25) is 5.91 Å². The smallest absolute Gasteiger partial charge is 0.233 e. The maximum atomic E-state index is 11.5. The summed E-state index contributed by atoms with van der Waals surface area (Å²) in [7, 11) is 1.65. The van der Waals surface area contributed by atoms with Crippen molar-refractivity contribution in [3.63, 3.8) is 0 Å². The standard InChI is InChI=1S/C15H24N2O2/c1-5-6-17(10-14(18)16-4)9-13-7-11(2)15(19)12(3)8-13/h7-8,19H,5-6,9-10H2,1-4H3,(H,16,18). The van der Waals surface area contributed by atoms with Crippen LogP contribution in [0, 0.1) is 13.8 Å². The van der Waals surface area contributed by atoms with Crippen molar-refractivity contribution >= 4 is 5.91 Å². The minimum absolute atomic E-state index is 0.0284. The fraction of sp³-hybridized carbons (Fsp3) is 0.533. The quantitative estimate of drug-likeness (QED) is 0.826. The number of nitrogens with one attached hydrogen (secondary N) is 1. The Hall–Kier alpha value is -1.55. The molecule has 0 bridgehead atoms. The highest BCUT2D eigenvalue weighted by molar-refractivity contribution is 5.77. The van der Waals surface area contributed by atoms with Gasteiger partial charge in [-0.25, -0.2) is 0 Å². The molecule has 0 spiro atoms. The van der Waals surface area contributed by atoms with Gasteiger partial charge in [0, 0.05) is 13.6 Å². The van der Waals surface area contributed by atoms with Crippen LogP contribution in [-0.4, -0.2) is 36.1 Å². The number of amides is 1. The molecule has 1 aromatic rings. The summed E-state index contributed by atoms with van der Waals surface area (Å²) in [5.74, 6) is 0.387. The SMILES string of the molecule is CCCN(CC(=O)NC)Cc1cc(C)c(O)c(C)c1. The predicted octanol–water partition coefficient (Wildman–Crippen LogP) is 1.97. The molecule has 0 aliphatic heterocycles. The van der Waals surface area contributed by atoms with Crippen LogP contribution in [0.1, 0.15) is 30.0 Å². The number of likely N-dealkylation sites (N-methyl/N-ethyl adjacent to an activating group) is 1. The van der Waals surface area contributed by atoms with Crippen LogP contribution in [0.5, 0.6) is 5.75 Å². The van der Waals surface area contributed by atoms with E-state index in [4.69, 9.17) is 0 Å². The molecule has 0 fully saturated rings. The molecule has 0 aromatic heterocycles. The van der Waals surface area contributed by atoms with E-state index in [0.717, 1.165) is 36.2 Å². The molecule has 1 aromatic carbocycles. The van der Waals surface area contributed by atoms with Crippen molar-refractivity contribution in [1.29, 1.82) is 0 Å². The van der Waals surface area contributed by atoms with Gasteiger partial charge in [-0.3, -0.25) is 9.69 Å². The van der Waals surface area contributed by atoms with Crippen molar-refractivity contribution in [3.05, 3.63) is 28.8 Å². The van der Waals surface area contributed by atoms with Crippen molar-refractivity contribution in [2.75, 3.05) is 20.1 Å². The zero-order valence-corrected chi connectivity index (χ0v) is 12.3. The Morgan fingerprint density at radius 2 is 1.89 bits per heavy atom. The van der Waals surface area contributed by atoms with Gasteiger partial charge in [-0.15, -0.1) is 0 Å². The minimum atomic E-state index is 0.0284. The highest BCUT2D eigenvalue weighted by Gasteiger charge is 2.11. The third kappa shape index (κ3) is 4.56. The first kappa shape index (κ1) is 15.5. The Kier molecular flexibility index (Phi) is 5.83.